The first-order valence-corrected chi connectivity index (χ1v) is 7.88. The van der Waals surface area contributed by atoms with Crippen LogP contribution in [0.5, 0.6) is 0 Å². The molecule has 22 heavy (non-hydrogen) atoms. The summed E-state index contributed by atoms with van der Waals surface area (Å²) in [4.78, 5) is 16.3. The molecular weight excluding hydrogens is 304 g/mol. The second kappa shape index (κ2) is 6.59. The van der Waals surface area contributed by atoms with Gasteiger partial charge in [-0.1, -0.05) is 24.3 Å². The highest BCUT2D eigenvalue weighted by Crippen LogP contribution is 2.22. The molecule has 0 spiro atoms. The normalized spacial score (nSPS) is 11.0. The minimum absolute atomic E-state index is 0.0302. The number of hydrogen-bond donors (Lipinski definition) is 1. The number of anilines is 1. The van der Waals surface area contributed by atoms with Crippen molar-refractivity contribution in [3.63, 3.8) is 0 Å². The summed E-state index contributed by atoms with van der Waals surface area (Å²) >= 11 is 0. The van der Waals surface area contributed by atoms with Gasteiger partial charge in [0.15, 0.2) is 0 Å². The van der Waals surface area contributed by atoms with E-state index in [1.165, 1.54) is 42.7 Å². The average Bonchev–Trinajstić information content (AvgIpc) is 2.55. The lowest BCUT2D eigenvalue weighted by Crippen LogP contribution is -2.27. The molecule has 0 fully saturated rings. The van der Waals surface area contributed by atoms with Crippen molar-refractivity contribution in [1.29, 1.82) is 0 Å². The van der Waals surface area contributed by atoms with Crippen molar-refractivity contribution in [2.75, 3.05) is 18.5 Å². The van der Waals surface area contributed by atoms with E-state index in [1.807, 2.05) is 0 Å². The third-order valence-electron chi connectivity index (χ3n) is 3.07. The van der Waals surface area contributed by atoms with Gasteiger partial charge in [-0.2, -0.15) is 0 Å². The molecule has 0 saturated heterocycles. The van der Waals surface area contributed by atoms with Gasteiger partial charge in [-0.15, -0.1) is 0 Å². The molecule has 2 aromatic carbocycles. The van der Waals surface area contributed by atoms with Gasteiger partial charge in [0.05, 0.1) is 17.7 Å². The molecule has 2 aromatic rings. The van der Waals surface area contributed by atoms with Crippen molar-refractivity contribution in [2.24, 2.45) is 0 Å². The predicted octanol–water partition coefficient (Wildman–Crippen LogP) is 1.80. The van der Waals surface area contributed by atoms with Crippen LogP contribution in [0.1, 0.15) is 10.4 Å². The van der Waals surface area contributed by atoms with Crippen LogP contribution in [0.4, 0.5) is 5.69 Å². The molecule has 1 N–H and O–H groups in total. The Hall–Kier alpha value is -2.38. The summed E-state index contributed by atoms with van der Waals surface area (Å²) in [5.74, 6) is -0.512. The topological polar surface area (TPSA) is 75.7 Å². The number of hydroxylamine groups is 1. The van der Waals surface area contributed by atoms with E-state index in [9.17, 15) is 13.2 Å². The number of hydrogen-bond acceptors (Lipinski definition) is 4. The van der Waals surface area contributed by atoms with E-state index in [-0.39, 0.29) is 10.5 Å². The summed E-state index contributed by atoms with van der Waals surface area (Å²) < 4.78 is 26.4. The van der Waals surface area contributed by atoms with Gasteiger partial charge in [-0.05, 0) is 30.3 Å². The Bertz CT molecular complexity index is 760. The molecule has 0 aliphatic rings. The van der Waals surface area contributed by atoms with Crippen molar-refractivity contribution >= 4 is 21.6 Å². The summed E-state index contributed by atoms with van der Waals surface area (Å²) in [6.07, 6.45) is 0. The lowest BCUT2D eigenvalue weighted by molar-refractivity contribution is 0.0537. The van der Waals surface area contributed by atoms with E-state index >= 15 is 0 Å². The van der Waals surface area contributed by atoms with Crippen LogP contribution in [-0.4, -0.2) is 28.5 Å². The molecule has 0 heterocycles. The van der Waals surface area contributed by atoms with Gasteiger partial charge < -0.3 is 0 Å². The average molecular weight is 320 g/mol. The minimum atomic E-state index is -3.75. The Morgan fingerprint density at radius 2 is 1.77 bits per heavy atom. The summed E-state index contributed by atoms with van der Waals surface area (Å²) in [5.41, 5.74) is 2.89. The van der Waals surface area contributed by atoms with Crippen molar-refractivity contribution in [3.8, 4) is 0 Å². The Balaban J connectivity index is 2.38. The van der Waals surface area contributed by atoms with Crippen LogP contribution in [0, 0.1) is 0 Å². The van der Waals surface area contributed by atoms with Gasteiger partial charge in [0.1, 0.15) is 0 Å². The molecule has 2 rings (SSSR count). The lowest BCUT2D eigenvalue weighted by Gasteiger charge is -2.19. The first-order chi connectivity index (χ1) is 10.5. The first kappa shape index (κ1) is 16.0. The number of rotatable bonds is 5. The summed E-state index contributed by atoms with van der Waals surface area (Å²) in [6.45, 7) is 0. The second-order valence-electron chi connectivity index (χ2n) is 4.47. The van der Waals surface area contributed by atoms with Gasteiger partial charge in [-0.3, -0.25) is 13.9 Å². The van der Waals surface area contributed by atoms with Crippen molar-refractivity contribution in [3.05, 3.63) is 60.2 Å². The Morgan fingerprint density at radius 3 is 2.41 bits per heavy atom. The van der Waals surface area contributed by atoms with E-state index in [1.54, 1.807) is 30.3 Å². The smallest absolute Gasteiger partial charge is 0.274 e. The fourth-order valence-electron chi connectivity index (χ4n) is 1.88. The molecule has 0 aliphatic heterocycles. The van der Waals surface area contributed by atoms with Gasteiger partial charge in [0.25, 0.3) is 15.9 Å². The van der Waals surface area contributed by atoms with E-state index in [2.05, 4.69) is 10.3 Å². The van der Waals surface area contributed by atoms with Crippen molar-refractivity contribution < 1.29 is 18.0 Å². The third-order valence-corrected chi connectivity index (χ3v) is 4.85. The lowest BCUT2D eigenvalue weighted by atomic mass is 10.2. The maximum absolute atomic E-state index is 12.6. The zero-order chi connectivity index (χ0) is 16.2. The number of carbonyl (C=O) groups is 1. The quantitative estimate of drug-likeness (QED) is 0.853. The van der Waals surface area contributed by atoms with Crippen LogP contribution in [0.2, 0.25) is 0 Å². The SMILES string of the molecule is CONC(=O)c1cccc(S(=O)(=O)N(C)c2ccccc2)c1. The fourth-order valence-corrected chi connectivity index (χ4v) is 3.13. The maximum Gasteiger partial charge on any atom is 0.274 e. The summed E-state index contributed by atoms with van der Waals surface area (Å²) in [7, 11) is -0.978. The minimum Gasteiger partial charge on any atom is -0.277 e. The molecular formula is C15H16N2O4S. The van der Waals surface area contributed by atoms with Gasteiger partial charge in [0, 0.05) is 12.6 Å². The predicted molar refractivity (Wildman–Crippen MR) is 82.9 cm³/mol. The number of amides is 1. The van der Waals surface area contributed by atoms with Crippen LogP contribution in [0.15, 0.2) is 59.5 Å². The molecule has 0 unspecified atom stereocenters. The van der Waals surface area contributed by atoms with E-state index < -0.39 is 15.9 Å². The van der Waals surface area contributed by atoms with Crippen LogP contribution >= 0.6 is 0 Å². The monoisotopic (exact) mass is 320 g/mol. The number of carbonyl (C=O) groups excluding carboxylic acids is 1. The molecule has 0 aromatic heterocycles. The molecule has 7 heteroatoms. The van der Waals surface area contributed by atoms with Crippen LogP contribution in [0.25, 0.3) is 0 Å². The highest BCUT2D eigenvalue weighted by molar-refractivity contribution is 7.92. The Morgan fingerprint density at radius 1 is 1.09 bits per heavy atom. The molecule has 116 valence electrons. The zero-order valence-electron chi connectivity index (χ0n) is 12.2. The van der Waals surface area contributed by atoms with Crippen LogP contribution in [0.3, 0.4) is 0 Å². The maximum atomic E-state index is 12.6. The van der Waals surface area contributed by atoms with Crippen molar-refractivity contribution in [2.45, 2.75) is 4.90 Å². The molecule has 0 radical (unpaired) electrons. The van der Waals surface area contributed by atoms with E-state index in [0.29, 0.717) is 5.69 Å². The van der Waals surface area contributed by atoms with Gasteiger partial charge in [-0.25, -0.2) is 13.9 Å². The number of sulfonamides is 1. The number of para-hydroxylation sites is 1. The Kier molecular flexibility index (Phi) is 4.79. The second-order valence-corrected chi connectivity index (χ2v) is 6.44. The van der Waals surface area contributed by atoms with Gasteiger partial charge >= 0.3 is 0 Å². The summed E-state index contributed by atoms with van der Waals surface area (Å²) in [6, 6.07) is 14.5. The zero-order valence-corrected chi connectivity index (χ0v) is 13.0. The van der Waals surface area contributed by atoms with E-state index in [4.69, 9.17) is 0 Å². The van der Waals surface area contributed by atoms with E-state index in [0.717, 1.165) is 0 Å². The third kappa shape index (κ3) is 3.26. The fraction of sp³-hybridized carbons (Fsp3) is 0.133. The number of nitrogens with zero attached hydrogens (tertiary/aromatic N) is 1. The first-order valence-electron chi connectivity index (χ1n) is 6.44. The highest BCUT2D eigenvalue weighted by Gasteiger charge is 2.22. The molecule has 1 amide bonds. The molecule has 0 saturated carbocycles. The van der Waals surface area contributed by atoms with Gasteiger partial charge in [0.2, 0.25) is 0 Å². The summed E-state index contributed by atoms with van der Waals surface area (Å²) in [5, 5.41) is 0. The molecule has 0 bridgehead atoms. The number of nitrogens with one attached hydrogen (secondary N) is 1. The van der Waals surface area contributed by atoms with Crippen LogP contribution < -0.4 is 9.79 Å². The number of benzene rings is 2. The van der Waals surface area contributed by atoms with Crippen molar-refractivity contribution in [1.82, 2.24) is 5.48 Å². The largest absolute Gasteiger partial charge is 0.277 e. The highest BCUT2D eigenvalue weighted by atomic mass is 32.2. The molecule has 0 atom stereocenters. The molecule has 0 aliphatic carbocycles. The standard InChI is InChI=1S/C15H16N2O4S/c1-17(13-8-4-3-5-9-13)22(19,20)14-10-6-7-12(11-14)15(18)16-21-2/h3-11H,1-2H3,(H,16,18). The molecule has 6 nitrogen and oxygen atoms in total. The Labute approximate surface area is 129 Å². The van der Waals surface area contributed by atoms with Crippen LogP contribution in [-0.2, 0) is 14.9 Å².